The average molecular weight is 494 g/mol. The Morgan fingerprint density at radius 3 is 2.38 bits per heavy atom. The quantitative estimate of drug-likeness (QED) is 0.657. The van der Waals surface area contributed by atoms with E-state index in [0.29, 0.717) is 25.4 Å². The first-order valence-electron chi connectivity index (χ1n) is 11.2. The highest BCUT2D eigenvalue weighted by molar-refractivity contribution is 5.96. The van der Waals surface area contributed by atoms with Crippen LogP contribution >= 0.6 is 12.4 Å². The molecule has 0 unspecified atom stereocenters. The fourth-order valence-electron chi connectivity index (χ4n) is 4.78. The smallest absolute Gasteiger partial charge is 0.246 e. The van der Waals surface area contributed by atoms with E-state index >= 15 is 8.78 Å². The van der Waals surface area contributed by atoms with E-state index < -0.39 is 29.0 Å². The Morgan fingerprint density at radius 1 is 1.12 bits per heavy atom. The van der Waals surface area contributed by atoms with Gasteiger partial charge in [-0.05, 0) is 68.5 Å². The number of amides is 2. The Bertz CT molecular complexity index is 1060. The van der Waals surface area contributed by atoms with Crippen molar-refractivity contribution in [2.24, 2.45) is 0 Å². The molecule has 0 bridgehead atoms. The number of benzene rings is 2. The monoisotopic (exact) mass is 493 g/mol. The Kier molecular flexibility index (Phi) is 7.83. The van der Waals surface area contributed by atoms with E-state index in [2.05, 4.69) is 10.6 Å². The lowest BCUT2D eigenvalue weighted by Crippen LogP contribution is -2.43. The lowest BCUT2D eigenvalue weighted by atomic mass is 9.82. The van der Waals surface area contributed by atoms with Crippen LogP contribution in [0.2, 0.25) is 0 Å². The van der Waals surface area contributed by atoms with Crippen molar-refractivity contribution in [3.63, 3.8) is 0 Å². The van der Waals surface area contributed by atoms with E-state index in [1.807, 2.05) is 12.1 Å². The van der Waals surface area contributed by atoms with Crippen LogP contribution in [-0.4, -0.2) is 43.5 Å². The summed E-state index contributed by atoms with van der Waals surface area (Å²) in [5.41, 5.74) is 0.151. The molecule has 1 saturated heterocycles. The van der Waals surface area contributed by atoms with E-state index in [0.717, 1.165) is 42.5 Å². The van der Waals surface area contributed by atoms with Crippen LogP contribution in [0.3, 0.4) is 0 Å². The third-order valence-electron chi connectivity index (χ3n) is 6.53. The first-order chi connectivity index (χ1) is 15.7. The molecule has 34 heavy (non-hydrogen) atoms. The second kappa shape index (κ2) is 10.3. The molecule has 2 amide bonds. The highest BCUT2D eigenvalue weighted by Crippen LogP contribution is 2.34. The van der Waals surface area contributed by atoms with Crippen molar-refractivity contribution in [2.75, 3.05) is 32.1 Å². The summed E-state index contributed by atoms with van der Waals surface area (Å²) >= 11 is 0. The summed E-state index contributed by atoms with van der Waals surface area (Å²) in [6.07, 6.45) is 2.53. The number of halogens is 3. The molecule has 2 aromatic carbocycles. The van der Waals surface area contributed by atoms with Gasteiger partial charge in [0.15, 0.2) is 0 Å². The Hall–Kier alpha value is -2.71. The van der Waals surface area contributed by atoms with E-state index in [4.69, 9.17) is 4.74 Å². The molecule has 2 N–H and O–H groups in total. The second-order valence-corrected chi connectivity index (χ2v) is 9.13. The van der Waals surface area contributed by atoms with E-state index in [1.165, 1.54) is 13.8 Å². The topological polar surface area (TPSA) is 70.7 Å². The number of likely N-dealkylation sites (tertiary alicyclic amines) is 1. The van der Waals surface area contributed by atoms with Gasteiger partial charge in [0, 0.05) is 30.9 Å². The van der Waals surface area contributed by atoms with Gasteiger partial charge in [0.1, 0.15) is 23.4 Å². The van der Waals surface area contributed by atoms with Gasteiger partial charge in [-0.15, -0.1) is 12.4 Å². The van der Waals surface area contributed by atoms with Crippen molar-refractivity contribution >= 4 is 29.9 Å². The minimum absolute atomic E-state index is 0. The van der Waals surface area contributed by atoms with Gasteiger partial charge in [-0.1, -0.05) is 6.07 Å². The molecule has 2 aliphatic rings. The van der Waals surface area contributed by atoms with Crippen LogP contribution in [0.15, 0.2) is 30.3 Å². The predicted molar refractivity (Wildman–Crippen MR) is 129 cm³/mol. The summed E-state index contributed by atoms with van der Waals surface area (Å²) in [6, 6.07) is 6.99. The van der Waals surface area contributed by atoms with Gasteiger partial charge in [-0.2, -0.15) is 0 Å². The molecule has 2 aromatic rings. The maximum absolute atomic E-state index is 15.1. The van der Waals surface area contributed by atoms with E-state index in [9.17, 15) is 9.59 Å². The lowest BCUT2D eigenvalue weighted by molar-refractivity contribution is -0.135. The molecule has 0 radical (unpaired) electrons. The van der Waals surface area contributed by atoms with Crippen molar-refractivity contribution in [3.05, 3.63) is 58.7 Å². The maximum atomic E-state index is 15.1. The second-order valence-electron chi connectivity index (χ2n) is 9.13. The molecular formula is C25H30ClF2N3O3. The molecule has 2 heterocycles. The molecule has 1 atom stereocenters. The van der Waals surface area contributed by atoms with Crippen molar-refractivity contribution in [1.82, 2.24) is 10.2 Å². The number of nitrogens with one attached hydrogen (secondary N) is 2. The molecule has 4 rings (SSSR count). The van der Waals surface area contributed by atoms with Crippen LogP contribution in [0.1, 0.15) is 49.4 Å². The molecule has 184 valence electrons. The first-order valence-corrected chi connectivity index (χ1v) is 11.2. The van der Waals surface area contributed by atoms with Crippen LogP contribution < -0.4 is 15.4 Å². The maximum Gasteiger partial charge on any atom is 0.246 e. The summed E-state index contributed by atoms with van der Waals surface area (Å²) in [6.45, 7) is 4.85. The normalized spacial score (nSPS) is 17.6. The molecule has 2 aliphatic heterocycles. The Morgan fingerprint density at radius 2 is 1.76 bits per heavy atom. The van der Waals surface area contributed by atoms with Gasteiger partial charge in [-0.3, -0.25) is 9.59 Å². The van der Waals surface area contributed by atoms with Gasteiger partial charge in [0.2, 0.25) is 11.8 Å². The molecule has 6 nitrogen and oxygen atoms in total. The van der Waals surface area contributed by atoms with Crippen LogP contribution in [0.4, 0.5) is 14.5 Å². The fraction of sp³-hybridized carbons (Fsp3) is 0.440. The van der Waals surface area contributed by atoms with Crippen molar-refractivity contribution in [3.8, 4) is 5.75 Å². The summed E-state index contributed by atoms with van der Waals surface area (Å²) < 4.78 is 35.4. The molecule has 1 fully saturated rings. The number of nitrogens with zero attached hydrogens (tertiary/aromatic N) is 1. The number of rotatable bonds is 5. The SMILES string of the molecule is COc1ccc2c(c1)CCN[C@H]2C(=O)Nc1cc(F)c(C(C)(C)C(=O)N2CCCC2)c(F)c1.Cl. The zero-order valence-corrected chi connectivity index (χ0v) is 20.4. The predicted octanol–water partition coefficient (Wildman–Crippen LogP) is 4.12. The van der Waals surface area contributed by atoms with Crippen molar-refractivity contribution in [1.29, 1.82) is 0 Å². The number of methoxy groups -OCH3 is 1. The van der Waals surface area contributed by atoms with E-state index in [-0.39, 0.29) is 29.6 Å². The number of hydrogen-bond acceptors (Lipinski definition) is 4. The molecule has 0 aliphatic carbocycles. The zero-order valence-electron chi connectivity index (χ0n) is 19.5. The number of hydrogen-bond donors (Lipinski definition) is 2. The number of carbonyl (C=O) groups excluding carboxylic acids is 2. The minimum atomic E-state index is -1.36. The summed E-state index contributed by atoms with van der Waals surface area (Å²) in [5.74, 6) is -1.72. The van der Waals surface area contributed by atoms with Gasteiger partial charge in [0.05, 0.1) is 12.5 Å². The molecule has 0 spiro atoms. The molecule has 0 saturated carbocycles. The summed E-state index contributed by atoms with van der Waals surface area (Å²) in [4.78, 5) is 27.5. The van der Waals surface area contributed by atoms with Crippen LogP contribution in [0.5, 0.6) is 5.75 Å². The van der Waals surface area contributed by atoms with E-state index in [1.54, 1.807) is 18.1 Å². The van der Waals surface area contributed by atoms with Gasteiger partial charge in [-0.25, -0.2) is 8.78 Å². The fourth-order valence-corrected chi connectivity index (χ4v) is 4.78. The van der Waals surface area contributed by atoms with Gasteiger partial charge in [0.25, 0.3) is 0 Å². The van der Waals surface area contributed by atoms with Crippen molar-refractivity contribution < 1.29 is 23.1 Å². The number of ether oxygens (including phenoxy) is 1. The van der Waals surface area contributed by atoms with Gasteiger partial charge < -0.3 is 20.3 Å². The van der Waals surface area contributed by atoms with Crippen LogP contribution in [0.25, 0.3) is 0 Å². The highest BCUT2D eigenvalue weighted by Gasteiger charge is 2.39. The molecule has 9 heteroatoms. The average Bonchev–Trinajstić information content (AvgIpc) is 3.31. The third kappa shape index (κ3) is 4.88. The first kappa shape index (κ1) is 25.9. The van der Waals surface area contributed by atoms with Crippen molar-refractivity contribution in [2.45, 2.75) is 44.6 Å². The Balaban J connectivity index is 0.00000324. The number of anilines is 1. The summed E-state index contributed by atoms with van der Waals surface area (Å²) in [7, 11) is 1.58. The van der Waals surface area contributed by atoms with Crippen LogP contribution in [0, 0.1) is 11.6 Å². The minimum Gasteiger partial charge on any atom is -0.497 e. The van der Waals surface area contributed by atoms with Crippen LogP contribution in [-0.2, 0) is 21.4 Å². The third-order valence-corrected chi connectivity index (χ3v) is 6.53. The standard InChI is InChI=1S/C25H29F2N3O3.ClH/c1-25(2,24(32)30-10-4-5-11-30)21-19(26)13-16(14-20(21)27)29-23(31)22-18-7-6-17(33-3)12-15(18)8-9-28-22;/h6-7,12-14,22,28H,4-5,8-11H2,1-3H3,(H,29,31);1H/t22-;/m1./s1. The largest absolute Gasteiger partial charge is 0.497 e. The zero-order chi connectivity index (χ0) is 23.8. The lowest BCUT2D eigenvalue weighted by Gasteiger charge is -2.30. The molecular weight excluding hydrogens is 464 g/mol. The Labute approximate surface area is 204 Å². The number of carbonyl (C=O) groups is 2. The van der Waals surface area contributed by atoms with Gasteiger partial charge >= 0.3 is 0 Å². The highest BCUT2D eigenvalue weighted by atomic mass is 35.5. The summed E-state index contributed by atoms with van der Waals surface area (Å²) in [5, 5.41) is 5.77. The molecule has 0 aromatic heterocycles. The number of fused-ring (bicyclic) bond motifs is 1.